The fourth-order valence-electron chi connectivity index (χ4n) is 1.93. The Kier molecular flexibility index (Phi) is 2.12. The van der Waals surface area contributed by atoms with E-state index in [0.29, 0.717) is 6.04 Å². The summed E-state index contributed by atoms with van der Waals surface area (Å²) in [5.74, 6) is 1.21. The van der Waals surface area contributed by atoms with Crippen molar-refractivity contribution in [1.29, 1.82) is 0 Å². The lowest BCUT2D eigenvalue weighted by molar-refractivity contribution is 0.425. The minimum absolute atomic E-state index is 0.0605. The Morgan fingerprint density at radius 1 is 1.69 bits per heavy atom. The average molecular weight is 179 g/mol. The molecule has 0 saturated carbocycles. The summed E-state index contributed by atoms with van der Waals surface area (Å²) in [5, 5.41) is 0. The highest BCUT2D eigenvalue weighted by Gasteiger charge is 2.18. The third kappa shape index (κ3) is 1.48. The molecule has 3 nitrogen and oxygen atoms in total. The first-order valence-corrected chi connectivity index (χ1v) is 5.01. The fraction of sp³-hybridized carbons (Fsp3) is 0.700. The van der Waals surface area contributed by atoms with Crippen LogP contribution in [0.4, 0.5) is 0 Å². The molecule has 1 aromatic heterocycles. The van der Waals surface area contributed by atoms with Gasteiger partial charge in [-0.05, 0) is 26.7 Å². The van der Waals surface area contributed by atoms with E-state index < -0.39 is 0 Å². The summed E-state index contributed by atoms with van der Waals surface area (Å²) in [6.45, 7) is 4.23. The monoisotopic (exact) mass is 179 g/mol. The Morgan fingerprint density at radius 2 is 2.46 bits per heavy atom. The van der Waals surface area contributed by atoms with Gasteiger partial charge in [0.1, 0.15) is 5.82 Å². The van der Waals surface area contributed by atoms with Crippen LogP contribution >= 0.6 is 0 Å². The third-order valence-corrected chi connectivity index (χ3v) is 2.79. The maximum absolute atomic E-state index is 5.80. The summed E-state index contributed by atoms with van der Waals surface area (Å²) in [5.41, 5.74) is 6.83. The molecule has 13 heavy (non-hydrogen) atoms. The van der Waals surface area contributed by atoms with Gasteiger partial charge in [-0.25, -0.2) is 4.98 Å². The molecule has 0 aliphatic carbocycles. The molecule has 0 bridgehead atoms. The number of aryl methyl sites for hydroxylation is 1. The lowest BCUT2D eigenvalue weighted by atomic mass is 10.1. The molecular formula is C10H17N3. The predicted molar refractivity (Wildman–Crippen MR) is 52.5 cm³/mol. The van der Waals surface area contributed by atoms with Crippen molar-refractivity contribution in [2.45, 2.75) is 45.2 Å². The highest BCUT2D eigenvalue weighted by molar-refractivity contribution is 5.10. The fourth-order valence-corrected chi connectivity index (χ4v) is 1.93. The molecule has 0 amide bonds. The summed E-state index contributed by atoms with van der Waals surface area (Å²) < 4.78 is 2.28. The highest BCUT2D eigenvalue weighted by atomic mass is 15.1. The predicted octanol–water partition coefficient (Wildman–Crippen LogP) is 1.80. The van der Waals surface area contributed by atoms with Gasteiger partial charge in [0.25, 0.3) is 0 Å². The van der Waals surface area contributed by atoms with Crippen LogP contribution < -0.4 is 5.73 Å². The molecule has 2 unspecified atom stereocenters. The van der Waals surface area contributed by atoms with Crippen molar-refractivity contribution in [3.8, 4) is 0 Å². The molecule has 0 spiro atoms. The second-order valence-corrected chi connectivity index (χ2v) is 4.02. The van der Waals surface area contributed by atoms with E-state index in [4.69, 9.17) is 5.73 Å². The molecule has 1 aromatic rings. The third-order valence-electron chi connectivity index (χ3n) is 2.79. The van der Waals surface area contributed by atoms with Gasteiger partial charge in [-0.3, -0.25) is 0 Å². The number of rotatable bonds is 1. The van der Waals surface area contributed by atoms with Crippen LogP contribution in [0.15, 0.2) is 6.20 Å². The summed E-state index contributed by atoms with van der Waals surface area (Å²) >= 11 is 0. The molecule has 0 aromatic carbocycles. The second kappa shape index (κ2) is 3.14. The molecule has 3 heteroatoms. The van der Waals surface area contributed by atoms with Gasteiger partial charge in [0.05, 0.1) is 5.69 Å². The van der Waals surface area contributed by atoms with E-state index in [1.54, 1.807) is 0 Å². The average Bonchev–Trinajstić information content (AvgIpc) is 2.49. The number of fused-ring (bicyclic) bond motifs is 1. The zero-order valence-corrected chi connectivity index (χ0v) is 8.33. The number of imidazole rings is 1. The van der Waals surface area contributed by atoms with E-state index in [-0.39, 0.29) is 6.04 Å². The first kappa shape index (κ1) is 8.75. The van der Waals surface area contributed by atoms with Gasteiger partial charge in [-0.1, -0.05) is 0 Å². The molecule has 2 N–H and O–H groups in total. The first-order chi connectivity index (χ1) is 6.18. The Morgan fingerprint density at radius 3 is 3.08 bits per heavy atom. The quantitative estimate of drug-likeness (QED) is 0.714. The van der Waals surface area contributed by atoms with E-state index in [0.717, 1.165) is 12.1 Å². The maximum atomic E-state index is 5.80. The molecule has 0 fully saturated rings. The van der Waals surface area contributed by atoms with Crippen LogP contribution in [0.5, 0.6) is 0 Å². The summed E-state index contributed by atoms with van der Waals surface area (Å²) in [6, 6.07) is 0.661. The van der Waals surface area contributed by atoms with Crippen molar-refractivity contribution in [3.63, 3.8) is 0 Å². The van der Waals surface area contributed by atoms with Crippen LogP contribution in [0, 0.1) is 0 Å². The van der Waals surface area contributed by atoms with Crippen LogP contribution in [0.3, 0.4) is 0 Å². The van der Waals surface area contributed by atoms with Crippen molar-refractivity contribution >= 4 is 0 Å². The largest absolute Gasteiger partial charge is 0.332 e. The van der Waals surface area contributed by atoms with Crippen LogP contribution in [0.25, 0.3) is 0 Å². The van der Waals surface area contributed by atoms with Gasteiger partial charge >= 0.3 is 0 Å². The zero-order chi connectivity index (χ0) is 9.42. The van der Waals surface area contributed by atoms with Crippen LogP contribution in [0.2, 0.25) is 0 Å². The summed E-state index contributed by atoms with van der Waals surface area (Å²) in [7, 11) is 0. The molecule has 72 valence electrons. The van der Waals surface area contributed by atoms with Crippen molar-refractivity contribution in [3.05, 3.63) is 17.7 Å². The summed E-state index contributed by atoms with van der Waals surface area (Å²) in [4.78, 5) is 4.54. The van der Waals surface area contributed by atoms with E-state index >= 15 is 0 Å². The smallest absolute Gasteiger partial charge is 0.109 e. The number of aromatic nitrogens is 2. The number of hydrogen-bond donors (Lipinski definition) is 1. The molecule has 0 radical (unpaired) electrons. The van der Waals surface area contributed by atoms with Gasteiger partial charge in [0, 0.05) is 24.7 Å². The minimum atomic E-state index is 0.0605. The minimum Gasteiger partial charge on any atom is -0.332 e. The SMILES string of the molecule is CC(N)c1cn2c(n1)CCCC2C. The van der Waals surface area contributed by atoms with Crippen molar-refractivity contribution in [2.75, 3.05) is 0 Å². The normalized spacial score (nSPS) is 24.1. The standard InChI is InChI=1S/C10H17N3/c1-7-4-3-5-10-12-9(8(2)11)6-13(7)10/h6-8H,3-5,11H2,1-2H3. The Balaban J connectivity index is 2.36. The van der Waals surface area contributed by atoms with E-state index in [9.17, 15) is 0 Å². The Bertz CT molecular complexity index is 301. The van der Waals surface area contributed by atoms with Crippen LogP contribution in [-0.2, 0) is 6.42 Å². The van der Waals surface area contributed by atoms with Crippen molar-refractivity contribution < 1.29 is 0 Å². The second-order valence-electron chi connectivity index (χ2n) is 4.02. The molecule has 2 heterocycles. The molecule has 1 aliphatic rings. The van der Waals surface area contributed by atoms with Gasteiger partial charge in [0.15, 0.2) is 0 Å². The summed E-state index contributed by atoms with van der Waals surface area (Å²) in [6.07, 6.45) is 5.75. The topological polar surface area (TPSA) is 43.8 Å². The highest BCUT2D eigenvalue weighted by Crippen LogP contribution is 2.25. The molecule has 2 rings (SSSR count). The van der Waals surface area contributed by atoms with Crippen LogP contribution in [-0.4, -0.2) is 9.55 Å². The van der Waals surface area contributed by atoms with Gasteiger partial charge < -0.3 is 10.3 Å². The Hall–Kier alpha value is -0.830. The first-order valence-electron chi connectivity index (χ1n) is 5.01. The molecule has 0 saturated heterocycles. The Labute approximate surface area is 79.0 Å². The lowest BCUT2D eigenvalue weighted by Crippen LogP contribution is -2.14. The van der Waals surface area contributed by atoms with Crippen LogP contribution in [0.1, 0.15) is 50.3 Å². The number of hydrogen-bond acceptors (Lipinski definition) is 2. The van der Waals surface area contributed by atoms with Gasteiger partial charge in [-0.15, -0.1) is 0 Å². The molecule has 1 aliphatic heterocycles. The number of nitrogens with two attached hydrogens (primary N) is 1. The molecule has 2 atom stereocenters. The maximum Gasteiger partial charge on any atom is 0.109 e. The molecular weight excluding hydrogens is 162 g/mol. The van der Waals surface area contributed by atoms with Gasteiger partial charge in [0.2, 0.25) is 0 Å². The van der Waals surface area contributed by atoms with Crippen molar-refractivity contribution in [2.24, 2.45) is 5.73 Å². The van der Waals surface area contributed by atoms with Crippen molar-refractivity contribution in [1.82, 2.24) is 9.55 Å². The van der Waals surface area contributed by atoms with E-state index in [1.807, 2.05) is 6.92 Å². The van der Waals surface area contributed by atoms with E-state index in [1.165, 1.54) is 18.7 Å². The lowest BCUT2D eigenvalue weighted by Gasteiger charge is -2.20. The zero-order valence-electron chi connectivity index (χ0n) is 8.33. The van der Waals surface area contributed by atoms with Gasteiger partial charge in [-0.2, -0.15) is 0 Å². The number of nitrogens with zero attached hydrogens (tertiary/aromatic N) is 2. The van der Waals surface area contributed by atoms with E-state index in [2.05, 4.69) is 22.7 Å².